The molecular weight excluding hydrogens is 260 g/mol. The third kappa shape index (κ3) is 4.14. The van der Waals surface area contributed by atoms with Crippen LogP contribution in [-0.4, -0.2) is 20.8 Å². The topological polar surface area (TPSA) is 42.7 Å². The normalized spacial score (nSPS) is 11.6. The molecule has 0 saturated heterocycles. The Hall–Kier alpha value is -1.68. The maximum absolute atomic E-state index is 4.69. The van der Waals surface area contributed by atoms with Crippen molar-refractivity contribution in [2.45, 2.75) is 59.5 Å². The Kier molecular flexibility index (Phi) is 5.12. The molecule has 0 aliphatic rings. The maximum Gasteiger partial charge on any atom is 0.153 e. The molecule has 2 rings (SSSR count). The molecule has 4 heteroatoms. The smallest absolute Gasteiger partial charge is 0.153 e. The highest BCUT2D eigenvalue weighted by Gasteiger charge is 2.08. The van der Waals surface area contributed by atoms with E-state index < -0.39 is 0 Å². The van der Waals surface area contributed by atoms with Crippen LogP contribution in [0.3, 0.4) is 0 Å². The number of nitrogens with one attached hydrogen (secondary N) is 1. The van der Waals surface area contributed by atoms with Crippen molar-refractivity contribution < 1.29 is 0 Å². The van der Waals surface area contributed by atoms with Gasteiger partial charge in [-0.3, -0.25) is 0 Å². The second kappa shape index (κ2) is 6.85. The van der Waals surface area contributed by atoms with E-state index in [2.05, 4.69) is 63.2 Å². The van der Waals surface area contributed by atoms with Crippen molar-refractivity contribution in [3.05, 3.63) is 41.3 Å². The van der Waals surface area contributed by atoms with Crippen LogP contribution < -0.4 is 5.32 Å². The molecule has 0 amide bonds. The van der Waals surface area contributed by atoms with E-state index in [1.165, 1.54) is 5.56 Å². The number of rotatable bonds is 6. The molecule has 21 heavy (non-hydrogen) atoms. The van der Waals surface area contributed by atoms with Crippen molar-refractivity contribution in [1.82, 2.24) is 20.1 Å². The van der Waals surface area contributed by atoms with E-state index in [9.17, 15) is 0 Å². The zero-order chi connectivity index (χ0) is 15.4. The number of aromatic nitrogens is 3. The molecule has 0 aromatic carbocycles. The molecule has 2 heterocycles. The van der Waals surface area contributed by atoms with Crippen molar-refractivity contribution >= 4 is 0 Å². The van der Waals surface area contributed by atoms with Crippen molar-refractivity contribution in [2.24, 2.45) is 0 Å². The van der Waals surface area contributed by atoms with Gasteiger partial charge in [-0.15, -0.1) is 0 Å². The molecule has 0 atom stereocenters. The molecule has 0 radical (unpaired) electrons. The molecule has 4 nitrogen and oxygen atoms in total. The van der Waals surface area contributed by atoms with Gasteiger partial charge in [-0.1, -0.05) is 34.6 Å². The standard InChI is InChI=1S/C17H26N4/c1-6-15-9-14(11-18-13(4)5)10-17(19-15)21-8-7-16(20-21)12(2)3/h7-10,12-13,18H,6,11H2,1-5H3. The molecule has 1 N–H and O–H groups in total. The molecule has 0 fully saturated rings. The molecule has 0 bridgehead atoms. The van der Waals surface area contributed by atoms with E-state index >= 15 is 0 Å². The van der Waals surface area contributed by atoms with Crippen LogP contribution in [0.5, 0.6) is 0 Å². The first kappa shape index (κ1) is 15.7. The van der Waals surface area contributed by atoms with Gasteiger partial charge in [0.15, 0.2) is 5.82 Å². The van der Waals surface area contributed by atoms with Crippen molar-refractivity contribution in [3.63, 3.8) is 0 Å². The molecule has 0 aliphatic carbocycles. The minimum atomic E-state index is 0.433. The third-order valence-corrected chi connectivity index (χ3v) is 3.44. The molecular formula is C17H26N4. The summed E-state index contributed by atoms with van der Waals surface area (Å²) in [5.74, 6) is 1.34. The number of nitrogens with zero attached hydrogens (tertiary/aromatic N) is 3. The van der Waals surface area contributed by atoms with Gasteiger partial charge >= 0.3 is 0 Å². The lowest BCUT2D eigenvalue weighted by molar-refractivity contribution is 0.587. The first-order valence-corrected chi connectivity index (χ1v) is 7.78. The largest absolute Gasteiger partial charge is 0.310 e. The molecule has 114 valence electrons. The van der Waals surface area contributed by atoms with E-state index in [0.717, 1.165) is 30.2 Å². The van der Waals surface area contributed by atoms with Crippen LogP contribution in [-0.2, 0) is 13.0 Å². The van der Waals surface area contributed by atoms with Crippen molar-refractivity contribution in [1.29, 1.82) is 0 Å². The molecule has 2 aromatic rings. The van der Waals surface area contributed by atoms with Gasteiger partial charge in [0.2, 0.25) is 0 Å². The fraction of sp³-hybridized carbons (Fsp3) is 0.529. The summed E-state index contributed by atoms with van der Waals surface area (Å²) in [6.45, 7) is 11.6. The van der Waals surface area contributed by atoms with Gasteiger partial charge in [0.1, 0.15) is 0 Å². The highest BCUT2D eigenvalue weighted by atomic mass is 15.3. The number of hydrogen-bond acceptors (Lipinski definition) is 3. The summed E-state index contributed by atoms with van der Waals surface area (Å²) < 4.78 is 1.88. The molecule has 0 saturated carbocycles. The fourth-order valence-electron chi connectivity index (χ4n) is 2.13. The Morgan fingerprint density at radius 1 is 1.19 bits per heavy atom. The second-order valence-electron chi connectivity index (χ2n) is 6.05. The van der Waals surface area contributed by atoms with E-state index in [4.69, 9.17) is 4.98 Å². The third-order valence-electron chi connectivity index (χ3n) is 3.44. The van der Waals surface area contributed by atoms with Crippen LogP contribution in [0, 0.1) is 0 Å². The van der Waals surface area contributed by atoms with Crippen LogP contribution in [0.4, 0.5) is 0 Å². The van der Waals surface area contributed by atoms with Gasteiger partial charge in [0, 0.05) is 24.5 Å². The first-order valence-electron chi connectivity index (χ1n) is 7.78. The summed E-state index contributed by atoms with van der Waals surface area (Å²) in [5.41, 5.74) is 3.46. The number of aryl methyl sites for hydroxylation is 1. The summed E-state index contributed by atoms with van der Waals surface area (Å²) in [5, 5.41) is 8.08. The predicted molar refractivity (Wildman–Crippen MR) is 86.8 cm³/mol. The number of hydrogen-bond donors (Lipinski definition) is 1. The zero-order valence-electron chi connectivity index (χ0n) is 13.7. The van der Waals surface area contributed by atoms with Gasteiger partial charge in [-0.2, -0.15) is 5.10 Å². The summed E-state index contributed by atoms with van der Waals surface area (Å²) in [4.78, 5) is 4.69. The van der Waals surface area contributed by atoms with Gasteiger partial charge in [0.25, 0.3) is 0 Å². The van der Waals surface area contributed by atoms with Crippen LogP contribution >= 0.6 is 0 Å². The van der Waals surface area contributed by atoms with E-state index in [0.29, 0.717) is 12.0 Å². The van der Waals surface area contributed by atoms with Crippen LogP contribution in [0.2, 0.25) is 0 Å². The lowest BCUT2D eigenvalue weighted by atomic mass is 10.1. The van der Waals surface area contributed by atoms with E-state index in [1.807, 2.05) is 10.9 Å². The predicted octanol–water partition coefficient (Wildman–Crippen LogP) is 3.45. The number of pyridine rings is 1. The average molecular weight is 286 g/mol. The minimum absolute atomic E-state index is 0.433. The molecule has 0 aliphatic heterocycles. The quantitative estimate of drug-likeness (QED) is 0.884. The Labute approximate surface area is 127 Å². The first-order chi connectivity index (χ1) is 9.99. The lowest BCUT2D eigenvalue weighted by Gasteiger charge is -2.11. The summed E-state index contributed by atoms with van der Waals surface area (Å²) in [6, 6.07) is 6.83. The summed E-state index contributed by atoms with van der Waals surface area (Å²) >= 11 is 0. The minimum Gasteiger partial charge on any atom is -0.310 e. The fourth-order valence-corrected chi connectivity index (χ4v) is 2.13. The van der Waals surface area contributed by atoms with Crippen LogP contribution in [0.15, 0.2) is 24.4 Å². The van der Waals surface area contributed by atoms with E-state index in [1.54, 1.807) is 0 Å². The van der Waals surface area contributed by atoms with E-state index in [-0.39, 0.29) is 0 Å². The maximum atomic E-state index is 4.69. The second-order valence-corrected chi connectivity index (χ2v) is 6.05. The highest BCUT2D eigenvalue weighted by molar-refractivity contribution is 5.31. The van der Waals surface area contributed by atoms with Gasteiger partial charge in [-0.25, -0.2) is 9.67 Å². The monoisotopic (exact) mass is 286 g/mol. The van der Waals surface area contributed by atoms with Crippen LogP contribution in [0.25, 0.3) is 5.82 Å². The highest BCUT2D eigenvalue weighted by Crippen LogP contribution is 2.15. The summed E-state index contributed by atoms with van der Waals surface area (Å²) in [6.07, 6.45) is 2.93. The van der Waals surface area contributed by atoms with Gasteiger partial charge in [0.05, 0.1) is 5.69 Å². The zero-order valence-corrected chi connectivity index (χ0v) is 13.7. The van der Waals surface area contributed by atoms with Crippen molar-refractivity contribution in [2.75, 3.05) is 0 Å². The molecule has 0 spiro atoms. The van der Waals surface area contributed by atoms with Gasteiger partial charge < -0.3 is 5.32 Å². The Balaban J connectivity index is 2.30. The Bertz CT molecular complexity index is 584. The van der Waals surface area contributed by atoms with Crippen LogP contribution in [0.1, 0.15) is 57.5 Å². The Morgan fingerprint density at radius 3 is 2.52 bits per heavy atom. The molecule has 0 unspecified atom stereocenters. The SMILES string of the molecule is CCc1cc(CNC(C)C)cc(-n2ccc(C(C)C)n2)n1. The molecule has 2 aromatic heterocycles. The van der Waals surface area contributed by atoms with Crippen molar-refractivity contribution in [3.8, 4) is 5.82 Å². The van der Waals surface area contributed by atoms with Gasteiger partial charge in [-0.05, 0) is 36.1 Å². The lowest BCUT2D eigenvalue weighted by Crippen LogP contribution is -2.22. The Morgan fingerprint density at radius 2 is 1.95 bits per heavy atom. The summed E-state index contributed by atoms with van der Waals surface area (Å²) in [7, 11) is 0. The average Bonchev–Trinajstić information content (AvgIpc) is 2.94.